The van der Waals surface area contributed by atoms with E-state index in [0.29, 0.717) is 65.4 Å². The summed E-state index contributed by atoms with van der Waals surface area (Å²) >= 11 is 0. The molecule has 3 aliphatic rings. The average molecular weight is 841 g/mol. The number of allylic oxidation sites excluding steroid dienone is 1. The minimum Gasteiger partial charge on any atom is -0.496 e. The van der Waals surface area contributed by atoms with Crippen molar-refractivity contribution in [2.24, 2.45) is 22.9 Å². The highest BCUT2D eigenvalue weighted by Crippen LogP contribution is 2.62. The maximum absolute atomic E-state index is 14.5. The summed E-state index contributed by atoms with van der Waals surface area (Å²) in [5.41, 5.74) is 3.33. The quantitative estimate of drug-likeness (QED) is 0.0436. The summed E-state index contributed by atoms with van der Waals surface area (Å²) < 4.78 is 46.1. The summed E-state index contributed by atoms with van der Waals surface area (Å²) in [7, 11) is 2.99. The van der Waals surface area contributed by atoms with E-state index < -0.39 is 29.7 Å². The van der Waals surface area contributed by atoms with Crippen LogP contribution in [0.4, 0.5) is 9.18 Å². The lowest BCUT2D eigenvalue weighted by molar-refractivity contribution is -0.256. The van der Waals surface area contributed by atoms with Crippen LogP contribution in [0.5, 0.6) is 23.0 Å². The summed E-state index contributed by atoms with van der Waals surface area (Å²) in [5.74, 6) is -0.944. The molecule has 2 aliphatic carbocycles. The molecule has 0 saturated heterocycles. The first-order valence-corrected chi connectivity index (χ1v) is 21.0. The number of carbonyl (C=O) groups excluding carboxylic acids is 2. The molecule has 0 spiro atoms. The van der Waals surface area contributed by atoms with Gasteiger partial charge in [0.25, 0.3) is 0 Å². The van der Waals surface area contributed by atoms with Gasteiger partial charge in [-0.2, -0.15) is 0 Å². The number of hydrogen-bond acceptors (Lipinski definition) is 11. The molecule has 1 saturated carbocycles. The number of nitrogens with zero attached hydrogens (tertiary/aromatic N) is 2. The molecule has 1 heterocycles. The highest BCUT2D eigenvalue weighted by molar-refractivity contribution is 6.03. The van der Waals surface area contributed by atoms with Crippen molar-refractivity contribution in [3.8, 4) is 23.0 Å². The van der Waals surface area contributed by atoms with Crippen LogP contribution in [0.2, 0.25) is 0 Å². The standard InChI is InChI=1S/C48H57FN2O10/c1-5-7-25-58-47(55)51(30-32-14-16-35(49)17-15-32)44-29-41(50-57-4)39-27-33(12-8-10-22-52)38(13-9-11-23-53)45-40-28-37(60-36-18-20-42(56-3)34(26-36)31-54)19-21-43(40)61-48(44,46(39)45)59-24-6-2/h5-6,14-21,26-28,31,33,38,44-46,52-53H,1-2,7-13,22-25,29-30H2,3-4H3. The molecule has 326 valence electrons. The number of halogens is 1. The topological polar surface area (TPSA) is 146 Å². The van der Waals surface area contributed by atoms with Gasteiger partial charge in [0.15, 0.2) is 6.29 Å². The first-order valence-electron chi connectivity index (χ1n) is 21.0. The number of aliphatic hydroxyl groups is 2. The van der Waals surface area contributed by atoms with Gasteiger partial charge in [-0.1, -0.05) is 48.4 Å². The number of rotatable bonds is 22. The van der Waals surface area contributed by atoms with Crippen molar-refractivity contribution in [1.82, 2.24) is 4.90 Å². The van der Waals surface area contributed by atoms with Crippen LogP contribution in [0.25, 0.3) is 0 Å². The molecule has 1 amide bonds. The number of unbranched alkanes of at least 4 members (excludes halogenated alkanes) is 2. The summed E-state index contributed by atoms with van der Waals surface area (Å²) in [4.78, 5) is 33.5. The molecule has 6 rings (SSSR count). The fourth-order valence-corrected chi connectivity index (χ4v) is 9.23. The van der Waals surface area contributed by atoms with E-state index in [1.165, 1.54) is 26.4 Å². The smallest absolute Gasteiger partial charge is 0.410 e. The molecular formula is C48H57FN2O10. The summed E-state index contributed by atoms with van der Waals surface area (Å²) in [6.07, 6.45) is 10.5. The Kier molecular flexibility index (Phi) is 15.8. The molecule has 6 atom stereocenters. The lowest BCUT2D eigenvalue weighted by atomic mass is 9.55. The molecule has 0 bridgehead atoms. The molecule has 3 aromatic rings. The number of oxime groups is 1. The molecule has 2 N–H and O–H groups in total. The summed E-state index contributed by atoms with van der Waals surface area (Å²) in [5, 5.41) is 24.4. The predicted octanol–water partition coefficient (Wildman–Crippen LogP) is 8.92. The monoisotopic (exact) mass is 840 g/mol. The van der Waals surface area contributed by atoms with Crippen molar-refractivity contribution in [2.75, 3.05) is 40.6 Å². The summed E-state index contributed by atoms with van der Waals surface area (Å²) in [6, 6.07) is 15.7. The maximum Gasteiger partial charge on any atom is 0.410 e. The largest absolute Gasteiger partial charge is 0.496 e. The van der Waals surface area contributed by atoms with Gasteiger partial charge in [-0.15, -0.1) is 13.2 Å². The summed E-state index contributed by atoms with van der Waals surface area (Å²) in [6.45, 7) is 8.07. The van der Waals surface area contributed by atoms with Gasteiger partial charge >= 0.3 is 6.09 Å². The van der Waals surface area contributed by atoms with E-state index in [9.17, 15) is 24.2 Å². The number of hydrogen-bond donors (Lipinski definition) is 2. The van der Waals surface area contributed by atoms with Crippen molar-refractivity contribution in [3.63, 3.8) is 0 Å². The first-order chi connectivity index (χ1) is 29.7. The van der Waals surface area contributed by atoms with Crippen molar-refractivity contribution in [3.05, 3.63) is 120 Å². The minimum absolute atomic E-state index is 0.0173. The molecule has 1 fully saturated rings. The van der Waals surface area contributed by atoms with Crippen LogP contribution < -0.4 is 14.2 Å². The van der Waals surface area contributed by atoms with Crippen LogP contribution in [0.3, 0.4) is 0 Å². The number of methoxy groups -OCH3 is 1. The van der Waals surface area contributed by atoms with Gasteiger partial charge in [0.2, 0.25) is 5.79 Å². The second-order valence-corrected chi connectivity index (χ2v) is 15.5. The maximum atomic E-state index is 14.5. The molecule has 12 nitrogen and oxygen atoms in total. The lowest BCUT2D eigenvalue weighted by Crippen LogP contribution is -2.70. The normalized spacial score (nSPS) is 23.1. The van der Waals surface area contributed by atoms with Gasteiger partial charge < -0.3 is 38.7 Å². The van der Waals surface area contributed by atoms with E-state index in [4.69, 9.17) is 28.5 Å². The van der Waals surface area contributed by atoms with Gasteiger partial charge in [-0.25, -0.2) is 9.18 Å². The Hall–Kier alpha value is -5.50. The Balaban J connectivity index is 1.58. The van der Waals surface area contributed by atoms with Crippen molar-refractivity contribution in [1.29, 1.82) is 0 Å². The predicted molar refractivity (Wildman–Crippen MR) is 229 cm³/mol. The Labute approximate surface area is 357 Å². The number of benzene rings is 3. The van der Waals surface area contributed by atoms with Crippen LogP contribution in [0, 0.1) is 23.6 Å². The highest BCUT2D eigenvalue weighted by atomic mass is 19.1. The van der Waals surface area contributed by atoms with Crippen LogP contribution in [-0.4, -0.2) is 85.7 Å². The Morgan fingerprint density at radius 3 is 2.41 bits per heavy atom. The zero-order valence-corrected chi connectivity index (χ0v) is 35.0. The zero-order chi connectivity index (χ0) is 43.4. The number of carbonyl (C=O) groups is 2. The molecule has 13 heteroatoms. The van der Waals surface area contributed by atoms with E-state index in [2.05, 4.69) is 24.4 Å². The fourth-order valence-electron chi connectivity index (χ4n) is 9.23. The van der Waals surface area contributed by atoms with Crippen molar-refractivity contribution >= 4 is 18.1 Å². The van der Waals surface area contributed by atoms with Gasteiger partial charge in [0.1, 0.15) is 42.0 Å². The lowest BCUT2D eigenvalue weighted by Gasteiger charge is -2.59. The minimum atomic E-state index is -1.54. The molecule has 3 aromatic carbocycles. The van der Waals surface area contributed by atoms with Crippen molar-refractivity contribution < 1.29 is 52.7 Å². The molecule has 0 radical (unpaired) electrons. The van der Waals surface area contributed by atoms with Gasteiger partial charge in [-0.3, -0.25) is 9.69 Å². The van der Waals surface area contributed by atoms with E-state index in [-0.39, 0.29) is 57.1 Å². The van der Waals surface area contributed by atoms with E-state index in [1.54, 1.807) is 53.5 Å². The third kappa shape index (κ3) is 10.0. The third-order valence-corrected chi connectivity index (χ3v) is 11.8. The van der Waals surface area contributed by atoms with Crippen LogP contribution in [-0.2, 0) is 20.9 Å². The van der Waals surface area contributed by atoms with Crippen LogP contribution in [0.15, 0.2) is 103 Å². The van der Waals surface area contributed by atoms with Gasteiger partial charge in [-0.05, 0) is 104 Å². The first kappa shape index (κ1) is 45.0. The zero-order valence-electron chi connectivity index (χ0n) is 35.0. The van der Waals surface area contributed by atoms with E-state index in [1.807, 2.05) is 12.1 Å². The third-order valence-electron chi connectivity index (χ3n) is 11.8. The van der Waals surface area contributed by atoms with Gasteiger partial charge in [0, 0.05) is 37.7 Å². The van der Waals surface area contributed by atoms with Crippen LogP contribution in [0.1, 0.15) is 78.8 Å². The molecule has 6 unspecified atom stereocenters. The van der Waals surface area contributed by atoms with Gasteiger partial charge in [0.05, 0.1) is 37.5 Å². The number of aliphatic hydroxyl groups excluding tert-OH is 2. The molecular weight excluding hydrogens is 784 g/mol. The Morgan fingerprint density at radius 1 is 0.984 bits per heavy atom. The molecule has 0 aromatic heterocycles. The highest BCUT2D eigenvalue weighted by Gasteiger charge is 2.65. The number of amides is 1. The second kappa shape index (κ2) is 21.3. The fraction of sp³-hybridized carbons (Fsp3) is 0.438. The van der Waals surface area contributed by atoms with E-state index in [0.717, 1.165) is 36.8 Å². The van der Waals surface area contributed by atoms with Crippen LogP contribution >= 0.6 is 0 Å². The molecule has 61 heavy (non-hydrogen) atoms. The number of ether oxygens (including phenoxy) is 5. The Bertz CT molecular complexity index is 2050. The number of fused-ring (bicyclic) bond motifs is 2. The second-order valence-electron chi connectivity index (χ2n) is 15.5. The SMILES string of the molecule is C=CCCOC(=O)N(Cc1ccc(F)cc1)C1CC(=NOC)C2=CC(CCCCO)C(CCCCO)C3c4cc(Oc5ccc(OC)c(C=O)c5)ccc4OC1(OCC=C)C23. The molecule has 1 aliphatic heterocycles. The average Bonchev–Trinajstić information content (AvgIpc) is 3.27. The van der Waals surface area contributed by atoms with E-state index >= 15 is 0 Å². The Morgan fingerprint density at radius 2 is 1.72 bits per heavy atom. The number of aldehydes is 1. The van der Waals surface area contributed by atoms with Crippen molar-refractivity contribution in [2.45, 2.75) is 75.7 Å².